The second-order valence-electron chi connectivity index (χ2n) is 4.84. The van der Waals surface area contributed by atoms with Crippen LogP contribution in [0.3, 0.4) is 0 Å². The predicted molar refractivity (Wildman–Crippen MR) is 76.5 cm³/mol. The number of carbonyl (C=O) groups is 1. The van der Waals surface area contributed by atoms with E-state index in [9.17, 15) is 18.0 Å². The molecule has 0 spiro atoms. The van der Waals surface area contributed by atoms with E-state index in [1.54, 1.807) is 24.3 Å². The van der Waals surface area contributed by atoms with Crippen LogP contribution in [0, 0.1) is 17.5 Å². The molecule has 2 aromatic carbocycles. The Bertz CT molecular complexity index is 702. The molecule has 0 aliphatic rings. The number of amides is 1. The monoisotopic (exact) mass is 309 g/mol. The van der Waals surface area contributed by atoms with Gasteiger partial charge in [-0.1, -0.05) is 12.1 Å². The van der Waals surface area contributed by atoms with Gasteiger partial charge in [-0.2, -0.15) is 0 Å². The van der Waals surface area contributed by atoms with Gasteiger partial charge in [-0.3, -0.25) is 4.79 Å². The minimum absolute atomic E-state index is 0.127. The van der Waals surface area contributed by atoms with Crippen molar-refractivity contribution in [3.8, 4) is 5.75 Å². The number of nitrogens with one attached hydrogen (secondary N) is 1. The summed E-state index contributed by atoms with van der Waals surface area (Å²) in [7, 11) is 0. The number of para-hydroxylation sites is 2. The van der Waals surface area contributed by atoms with Crippen molar-refractivity contribution in [2.24, 2.45) is 0 Å². The van der Waals surface area contributed by atoms with Crippen LogP contribution >= 0.6 is 0 Å². The van der Waals surface area contributed by atoms with Crippen molar-refractivity contribution in [1.29, 1.82) is 0 Å². The first-order valence-corrected chi connectivity index (χ1v) is 6.60. The van der Waals surface area contributed by atoms with E-state index in [-0.39, 0.29) is 6.10 Å². The number of hydrogen-bond acceptors (Lipinski definition) is 2. The van der Waals surface area contributed by atoms with Gasteiger partial charge in [0.1, 0.15) is 5.75 Å². The highest BCUT2D eigenvalue weighted by atomic mass is 19.2. The van der Waals surface area contributed by atoms with Crippen LogP contribution in [0.4, 0.5) is 18.9 Å². The van der Waals surface area contributed by atoms with Crippen LogP contribution in [-0.4, -0.2) is 12.0 Å². The molecule has 0 bridgehead atoms. The summed E-state index contributed by atoms with van der Waals surface area (Å²) in [6, 6.07) is 8.15. The van der Waals surface area contributed by atoms with E-state index in [1.807, 2.05) is 13.8 Å². The van der Waals surface area contributed by atoms with Gasteiger partial charge in [0.15, 0.2) is 17.5 Å². The van der Waals surface area contributed by atoms with Gasteiger partial charge in [-0.15, -0.1) is 0 Å². The Balaban J connectivity index is 2.28. The lowest BCUT2D eigenvalue weighted by Crippen LogP contribution is -2.16. The second-order valence-corrected chi connectivity index (χ2v) is 4.84. The third kappa shape index (κ3) is 3.39. The van der Waals surface area contributed by atoms with Crippen LogP contribution in [0.5, 0.6) is 5.75 Å². The van der Waals surface area contributed by atoms with E-state index in [0.717, 1.165) is 6.07 Å². The van der Waals surface area contributed by atoms with E-state index in [2.05, 4.69) is 5.32 Å². The van der Waals surface area contributed by atoms with Gasteiger partial charge in [-0.25, -0.2) is 13.2 Å². The Labute approximate surface area is 125 Å². The summed E-state index contributed by atoms with van der Waals surface area (Å²) in [5, 5.41) is 2.43. The van der Waals surface area contributed by atoms with Crippen molar-refractivity contribution in [3.05, 3.63) is 59.4 Å². The zero-order valence-electron chi connectivity index (χ0n) is 12.0. The summed E-state index contributed by atoms with van der Waals surface area (Å²) >= 11 is 0. The molecule has 116 valence electrons. The van der Waals surface area contributed by atoms with E-state index in [4.69, 9.17) is 4.74 Å². The molecule has 0 aliphatic carbocycles. The fraction of sp³-hybridized carbons (Fsp3) is 0.188. The first-order chi connectivity index (χ1) is 10.4. The molecule has 6 heteroatoms. The van der Waals surface area contributed by atoms with Gasteiger partial charge in [-0.05, 0) is 38.1 Å². The minimum atomic E-state index is -1.68. The fourth-order valence-corrected chi connectivity index (χ4v) is 1.82. The lowest BCUT2D eigenvalue weighted by Gasteiger charge is -2.15. The molecule has 0 atom stereocenters. The average Bonchev–Trinajstić information content (AvgIpc) is 2.46. The number of halogens is 3. The van der Waals surface area contributed by atoms with E-state index in [1.165, 1.54) is 0 Å². The number of anilines is 1. The minimum Gasteiger partial charge on any atom is -0.489 e. The molecule has 0 radical (unpaired) electrons. The van der Waals surface area contributed by atoms with Crippen LogP contribution in [0.25, 0.3) is 0 Å². The van der Waals surface area contributed by atoms with Crippen molar-refractivity contribution in [1.82, 2.24) is 0 Å². The first-order valence-electron chi connectivity index (χ1n) is 6.60. The Morgan fingerprint density at radius 3 is 2.41 bits per heavy atom. The second kappa shape index (κ2) is 6.51. The van der Waals surface area contributed by atoms with E-state index in [0.29, 0.717) is 17.5 Å². The summed E-state index contributed by atoms with van der Waals surface area (Å²) in [5.41, 5.74) is -0.274. The summed E-state index contributed by atoms with van der Waals surface area (Å²) < 4.78 is 45.2. The van der Waals surface area contributed by atoms with Gasteiger partial charge in [0.05, 0.1) is 17.4 Å². The zero-order valence-corrected chi connectivity index (χ0v) is 12.0. The highest BCUT2D eigenvalue weighted by molar-refractivity contribution is 6.05. The molecular formula is C16H14F3NO2. The molecule has 0 fully saturated rings. The third-order valence-electron chi connectivity index (χ3n) is 2.78. The lowest BCUT2D eigenvalue weighted by molar-refractivity contribution is 0.102. The summed E-state index contributed by atoms with van der Waals surface area (Å²) in [6.45, 7) is 3.63. The molecular weight excluding hydrogens is 295 g/mol. The molecule has 0 aromatic heterocycles. The van der Waals surface area contributed by atoms with Gasteiger partial charge in [0.2, 0.25) is 0 Å². The Morgan fingerprint density at radius 2 is 1.73 bits per heavy atom. The normalized spacial score (nSPS) is 10.6. The molecule has 0 aliphatic heterocycles. The Morgan fingerprint density at radius 1 is 1.05 bits per heavy atom. The fourth-order valence-electron chi connectivity index (χ4n) is 1.82. The number of hydrogen-bond donors (Lipinski definition) is 1. The molecule has 2 aromatic rings. The molecule has 1 amide bonds. The summed E-state index contributed by atoms with van der Waals surface area (Å²) in [6.07, 6.45) is -0.127. The van der Waals surface area contributed by atoms with E-state index >= 15 is 0 Å². The molecule has 0 unspecified atom stereocenters. The van der Waals surface area contributed by atoms with Crippen molar-refractivity contribution in [2.45, 2.75) is 20.0 Å². The van der Waals surface area contributed by atoms with Gasteiger partial charge in [0, 0.05) is 0 Å². The van der Waals surface area contributed by atoms with E-state index < -0.39 is 28.9 Å². The smallest absolute Gasteiger partial charge is 0.258 e. The molecule has 0 saturated carbocycles. The predicted octanol–water partition coefficient (Wildman–Crippen LogP) is 4.14. The summed E-state index contributed by atoms with van der Waals surface area (Å²) in [5.74, 6) is -5.05. The van der Waals surface area contributed by atoms with Crippen LogP contribution in [0.2, 0.25) is 0 Å². The average molecular weight is 309 g/mol. The van der Waals surface area contributed by atoms with Gasteiger partial charge < -0.3 is 10.1 Å². The Hall–Kier alpha value is -2.50. The Kier molecular flexibility index (Phi) is 4.70. The maximum Gasteiger partial charge on any atom is 0.258 e. The molecule has 3 nitrogen and oxygen atoms in total. The molecule has 2 rings (SSSR count). The SMILES string of the molecule is CC(C)Oc1ccccc1NC(=O)c1ccc(F)c(F)c1F. The molecule has 22 heavy (non-hydrogen) atoms. The highest BCUT2D eigenvalue weighted by Gasteiger charge is 2.19. The molecule has 0 heterocycles. The van der Waals surface area contributed by atoms with Crippen LogP contribution in [-0.2, 0) is 0 Å². The number of benzene rings is 2. The summed E-state index contributed by atoms with van der Waals surface area (Å²) in [4.78, 5) is 12.0. The largest absolute Gasteiger partial charge is 0.489 e. The zero-order chi connectivity index (χ0) is 16.3. The molecule has 1 N–H and O–H groups in total. The van der Waals surface area contributed by atoms with Crippen molar-refractivity contribution in [2.75, 3.05) is 5.32 Å². The van der Waals surface area contributed by atoms with Crippen molar-refractivity contribution < 1.29 is 22.7 Å². The topological polar surface area (TPSA) is 38.3 Å². The van der Waals surface area contributed by atoms with Crippen LogP contribution < -0.4 is 10.1 Å². The quantitative estimate of drug-likeness (QED) is 0.862. The van der Waals surface area contributed by atoms with Crippen molar-refractivity contribution >= 4 is 11.6 Å². The van der Waals surface area contributed by atoms with Gasteiger partial charge >= 0.3 is 0 Å². The third-order valence-corrected chi connectivity index (χ3v) is 2.78. The number of ether oxygens (including phenoxy) is 1. The lowest BCUT2D eigenvalue weighted by atomic mass is 10.1. The molecule has 0 saturated heterocycles. The van der Waals surface area contributed by atoms with Crippen LogP contribution in [0.1, 0.15) is 24.2 Å². The highest BCUT2D eigenvalue weighted by Crippen LogP contribution is 2.26. The standard InChI is InChI=1S/C16H14F3NO2/c1-9(2)22-13-6-4-3-5-12(13)20-16(21)10-7-8-11(17)15(19)14(10)18/h3-9H,1-2H3,(H,20,21). The number of rotatable bonds is 4. The van der Waals surface area contributed by atoms with Crippen LogP contribution in [0.15, 0.2) is 36.4 Å². The number of carbonyl (C=O) groups excluding carboxylic acids is 1. The first kappa shape index (κ1) is 15.9. The maximum atomic E-state index is 13.6. The maximum absolute atomic E-state index is 13.6. The van der Waals surface area contributed by atoms with Gasteiger partial charge in [0.25, 0.3) is 5.91 Å². The van der Waals surface area contributed by atoms with Crippen molar-refractivity contribution in [3.63, 3.8) is 0 Å².